The number of benzene rings is 1. The molecule has 0 aliphatic heterocycles. The van der Waals surface area contributed by atoms with Gasteiger partial charge in [0, 0.05) is 16.6 Å². The molecule has 0 radical (unpaired) electrons. The van der Waals surface area contributed by atoms with Crippen LogP contribution in [0.2, 0.25) is 0 Å². The Hall–Kier alpha value is -0.900. The topological polar surface area (TPSA) is 3.24 Å². The van der Waals surface area contributed by atoms with Gasteiger partial charge in [-0.2, -0.15) is 0 Å². The lowest BCUT2D eigenvalue weighted by Gasteiger charge is -2.28. The highest BCUT2D eigenvalue weighted by molar-refractivity contribution is 7.17. The summed E-state index contributed by atoms with van der Waals surface area (Å²) in [4.78, 5) is 2.29. The minimum absolute atomic E-state index is 0. The molecular weight excluding hydrogens is 329 g/mol. The maximum Gasteiger partial charge on any atom is 0.124 e. The number of thiophene rings is 1. The first kappa shape index (κ1) is 16.9. The molecule has 4 heteroatoms. The van der Waals surface area contributed by atoms with Crippen LogP contribution in [0.3, 0.4) is 0 Å². The highest BCUT2D eigenvalue weighted by Crippen LogP contribution is 2.51. The molecular formula is C19H23ClFNS. The number of allylic oxidation sites excluding steroid dienone is 1. The van der Waals surface area contributed by atoms with Gasteiger partial charge in [-0.05, 0) is 80.3 Å². The van der Waals surface area contributed by atoms with Crippen LogP contribution in [0, 0.1) is 17.7 Å². The number of halogens is 2. The van der Waals surface area contributed by atoms with Crippen molar-refractivity contribution in [1.82, 2.24) is 4.90 Å². The summed E-state index contributed by atoms with van der Waals surface area (Å²) in [5, 5.41) is 3.50. The van der Waals surface area contributed by atoms with Crippen LogP contribution in [-0.4, -0.2) is 25.5 Å². The van der Waals surface area contributed by atoms with Crippen molar-refractivity contribution in [3.63, 3.8) is 0 Å². The molecule has 0 spiro atoms. The van der Waals surface area contributed by atoms with E-state index < -0.39 is 0 Å². The Morgan fingerprint density at radius 1 is 1.26 bits per heavy atom. The fraction of sp³-hybridized carbons (Fsp3) is 0.474. The molecule has 2 atom stereocenters. The summed E-state index contributed by atoms with van der Waals surface area (Å²) in [6, 6.07) is 5.25. The van der Waals surface area contributed by atoms with Crippen molar-refractivity contribution < 1.29 is 4.39 Å². The summed E-state index contributed by atoms with van der Waals surface area (Å²) in [6.07, 6.45) is 5.31. The predicted octanol–water partition coefficient (Wildman–Crippen LogP) is 5.60. The molecule has 1 saturated carbocycles. The first-order chi connectivity index (χ1) is 10.6. The third-order valence-corrected chi connectivity index (χ3v) is 6.15. The van der Waals surface area contributed by atoms with E-state index >= 15 is 0 Å². The summed E-state index contributed by atoms with van der Waals surface area (Å²) in [5.41, 5.74) is 4.58. The van der Waals surface area contributed by atoms with Crippen molar-refractivity contribution >= 4 is 39.4 Å². The quantitative estimate of drug-likeness (QED) is 0.696. The number of hydrogen-bond donors (Lipinski definition) is 0. The predicted molar refractivity (Wildman–Crippen MR) is 100.0 cm³/mol. The second-order valence-corrected chi connectivity index (χ2v) is 8.04. The Balaban J connectivity index is 0.00000156. The SMILES string of the molecule is CN(C)CC1=C(c2csc3cc(F)ccc23)[C@H]2CC[C@@H](C1)C2.Cl. The van der Waals surface area contributed by atoms with Crippen molar-refractivity contribution in [2.75, 3.05) is 20.6 Å². The fourth-order valence-corrected chi connectivity index (χ4v) is 5.41. The average Bonchev–Trinajstić information content (AvgIpc) is 3.03. The standard InChI is InChI=1S/C19H22FNS.ClH/c1-21(2)10-14-8-12-3-4-13(7-12)19(14)17-11-22-18-9-15(20)5-6-16(17)18;/h5-6,9,11-13H,3-4,7-8,10H2,1-2H3;1H/t12-,13+;/m1./s1. The van der Waals surface area contributed by atoms with E-state index in [0.717, 1.165) is 23.1 Å². The molecule has 0 N–H and O–H groups in total. The normalized spacial score (nSPS) is 23.7. The van der Waals surface area contributed by atoms with Crippen LogP contribution >= 0.6 is 23.7 Å². The van der Waals surface area contributed by atoms with Gasteiger partial charge in [-0.1, -0.05) is 11.6 Å². The Bertz CT molecular complexity index is 749. The molecule has 0 saturated heterocycles. The van der Waals surface area contributed by atoms with Crippen molar-refractivity contribution in [3.8, 4) is 0 Å². The van der Waals surface area contributed by atoms with Crippen LogP contribution in [0.25, 0.3) is 15.7 Å². The first-order valence-corrected chi connectivity index (χ1v) is 9.03. The van der Waals surface area contributed by atoms with Gasteiger partial charge in [0.15, 0.2) is 0 Å². The summed E-state index contributed by atoms with van der Waals surface area (Å²) in [5.74, 6) is 1.48. The summed E-state index contributed by atoms with van der Waals surface area (Å²) >= 11 is 1.68. The average molecular weight is 352 g/mol. The van der Waals surface area contributed by atoms with Crippen LogP contribution in [0.5, 0.6) is 0 Å². The zero-order chi connectivity index (χ0) is 15.3. The highest BCUT2D eigenvalue weighted by Gasteiger charge is 2.35. The minimum Gasteiger partial charge on any atom is -0.305 e. The van der Waals surface area contributed by atoms with Crippen LogP contribution in [0.1, 0.15) is 31.2 Å². The molecule has 1 heterocycles. The Kier molecular flexibility index (Phi) is 4.82. The maximum absolute atomic E-state index is 13.5. The van der Waals surface area contributed by atoms with Gasteiger partial charge in [0.1, 0.15) is 5.82 Å². The Morgan fingerprint density at radius 2 is 2.09 bits per heavy atom. The largest absolute Gasteiger partial charge is 0.305 e. The van der Waals surface area contributed by atoms with Gasteiger partial charge in [-0.25, -0.2) is 4.39 Å². The van der Waals surface area contributed by atoms with Crippen LogP contribution in [0.4, 0.5) is 4.39 Å². The number of likely N-dealkylation sites (N-methyl/N-ethyl adjacent to an activating group) is 1. The summed E-state index contributed by atoms with van der Waals surface area (Å²) in [7, 11) is 4.31. The second kappa shape index (κ2) is 6.54. The zero-order valence-corrected chi connectivity index (χ0v) is 15.3. The Morgan fingerprint density at radius 3 is 2.87 bits per heavy atom. The molecule has 2 aromatic rings. The van der Waals surface area contributed by atoms with E-state index in [1.807, 2.05) is 6.07 Å². The van der Waals surface area contributed by atoms with E-state index in [1.165, 1.54) is 36.6 Å². The first-order valence-electron chi connectivity index (χ1n) is 8.15. The molecule has 0 unspecified atom stereocenters. The molecule has 1 aromatic heterocycles. The highest BCUT2D eigenvalue weighted by atomic mass is 35.5. The van der Waals surface area contributed by atoms with E-state index in [2.05, 4.69) is 24.4 Å². The third-order valence-electron chi connectivity index (χ3n) is 5.20. The van der Waals surface area contributed by atoms with Gasteiger partial charge in [0.05, 0.1) is 0 Å². The van der Waals surface area contributed by atoms with Gasteiger partial charge < -0.3 is 4.90 Å². The van der Waals surface area contributed by atoms with E-state index in [1.54, 1.807) is 34.6 Å². The van der Waals surface area contributed by atoms with Crippen LogP contribution < -0.4 is 0 Å². The second-order valence-electron chi connectivity index (χ2n) is 7.12. The number of hydrogen-bond acceptors (Lipinski definition) is 2. The van der Waals surface area contributed by atoms with Crippen LogP contribution in [-0.2, 0) is 0 Å². The molecule has 2 aliphatic carbocycles. The van der Waals surface area contributed by atoms with Gasteiger partial charge in [0.2, 0.25) is 0 Å². The fourth-order valence-electron chi connectivity index (χ4n) is 4.42. The number of rotatable bonds is 3. The molecule has 2 aliphatic rings. The third kappa shape index (κ3) is 3.07. The van der Waals surface area contributed by atoms with Gasteiger partial charge in [0.25, 0.3) is 0 Å². The monoisotopic (exact) mass is 351 g/mol. The molecule has 1 nitrogen and oxygen atoms in total. The molecule has 2 bridgehead atoms. The van der Waals surface area contributed by atoms with Crippen molar-refractivity contribution in [1.29, 1.82) is 0 Å². The lowest BCUT2D eigenvalue weighted by atomic mass is 9.79. The van der Waals surface area contributed by atoms with E-state index in [-0.39, 0.29) is 18.2 Å². The molecule has 1 aromatic carbocycles. The van der Waals surface area contributed by atoms with E-state index in [0.29, 0.717) is 0 Å². The summed E-state index contributed by atoms with van der Waals surface area (Å²) < 4.78 is 14.6. The smallest absolute Gasteiger partial charge is 0.124 e. The minimum atomic E-state index is -0.132. The summed E-state index contributed by atoms with van der Waals surface area (Å²) in [6.45, 7) is 1.06. The maximum atomic E-state index is 13.5. The number of fused-ring (bicyclic) bond motifs is 3. The lowest BCUT2D eigenvalue weighted by molar-refractivity contribution is 0.413. The molecule has 124 valence electrons. The molecule has 0 amide bonds. The van der Waals surface area contributed by atoms with Crippen molar-refractivity contribution in [3.05, 3.63) is 40.5 Å². The molecule has 4 rings (SSSR count). The molecule has 23 heavy (non-hydrogen) atoms. The molecule has 1 fully saturated rings. The van der Waals surface area contributed by atoms with Crippen molar-refractivity contribution in [2.45, 2.75) is 25.7 Å². The van der Waals surface area contributed by atoms with Gasteiger partial charge >= 0.3 is 0 Å². The van der Waals surface area contributed by atoms with E-state index in [4.69, 9.17) is 0 Å². The zero-order valence-electron chi connectivity index (χ0n) is 13.6. The lowest BCUT2D eigenvalue weighted by Crippen LogP contribution is -2.21. The van der Waals surface area contributed by atoms with Gasteiger partial charge in [-0.3, -0.25) is 0 Å². The van der Waals surface area contributed by atoms with Crippen molar-refractivity contribution in [2.24, 2.45) is 11.8 Å². The van der Waals surface area contributed by atoms with Gasteiger partial charge in [-0.15, -0.1) is 23.7 Å². The van der Waals surface area contributed by atoms with Crippen LogP contribution in [0.15, 0.2) is 29.2 Å². The Labute approximate surface area is 147 Å². The number of nitrogens with zero attached hydrogens (tertiary/aromatic N) is 1. The van der Waals surface area contributed by atoms with E-state index in [9.17, 15) is 4.39 Å².